The van der Waals surface area contributed by atoms with Gasteiger partial charge in [-0.1, -0.05) is 19.1 Å². The molecule has 0 aliphatic carbocycles. The fourth-order valence-electron chi connectivity index (χ4n) is 1.54. The number of rotatable bonds is 7. The van der Waals surface area contributed by atoms with Crippen LogP contribution in [-0.4, -0.2) is 25.2 Å². The summed E-state index contributed by atoms with van der Waals surface area (Å²) in [6.07, 6.45) is -0.128. The maximum Gasteiger partial charge on any atom is 0.344 e. The van der Waals surface area contributed by atoms with E-state index in [1.165, 1.54) is 0 Å². The minimum absolute atomic E-state index is 0.0834. The third-order valence-electron chi connectivity index (χ3n) is 2.32. The van der Waals surface area contributed by atoms with E-state index < -0.39 is 0 Å². The largest absolute Gasteiger partial charge is 0.480 e. The molecule has 0 saturated carbocycles. The van der Waals surface area contributed by atoms with Gasteiger partial charge in [-0.25, -0.2) is 4.79 Å². The summed E-state index contributed by atoms with van der Waals surface area (Å²) in [5, 5.41) is 3.24. The van der Waals surface area contributed by atoms with Crippen molar-refractivity contribution >= 4 is 21.9 Å². The van der Waals surface area contributed by atoms with E-state index in [9.17, 15) is 4.79 Å². The Morgan fingerprint density at radius 1 is 1.42 bits per heavy atom. The number of para-hydroxylation sites is 1. The average Bonchev–Trinajstić information content (AvgIpc) is 2.34. The first-order chi connectivity index (χ1) is 9.04. The van der Waals surface area contributed by atoms with Gasteiger partial charge in [-0.15, -0.1) is 0 Å². The molecular formula is C14H20BrNO3. The molecule has 5 heteroatoms. The van der Waals surface area contributed by atoms with Gasteiger partial charge in [0, 0.05) is 12.1 Å². The molecule has 0 spiro atoms. The Bertz CT molecular complexity index is 421. The van der Waals surface area contributed by atoms with Crippen LogP contribution in [0.5, 0.6) is 5.75 Å². The van der Waals surface area contributed by atoms with Crippen LogP contribution in [0.3, 0.4) is 0 Å². The van der Waals surface area contributed by atoms with Gasteiger partial charge in [-0.2, -0.15) is 0 Å². The Morgan fingerprint density at radius 3 is 2.79 bits per heavy atom. The number of ether oxygens (including phenoxy) is 2. The highest BCUT2D eigenvalue weighted by Gasteiger charge is 2.11. The molecule has 19 heavy (non-hydrogen) atoms. The number of hydrogen-bond acceptors (Lipinski definition) is 4. The van der Waals surface area contributed by atoms with E-state index in [2.05, 4.69) is 21.2 Å². The molecule has 0 amide bonds. The first kappa shape index (κ1) is 16.0. The third kappa shape index (κ3) is 5.61. The number of hydrogen-bond donors (Lipinski definition) is 1. The van der Waals surface area contributed by atoms with Crippen LogP contribution >= 0.6 is 15.9 Å². The summed E-state index contributed by atoms with van der Waals surface area (Å²) < 4.78 is 11.4. The number of carbonyl (C=O) groups is 1. The van der Waals surface area contributed by atoms with Crippen LogP contribution in [0.2, 0.25) is 0 Å². The van der Waals surface area contributed by atoms with Crippen LogP contribution in [0.1, 0.15) is 26.3 Å². The smallest absolute Gasteiger partial charge is 0.344 e. The lowest BCUT2D eigenvalue weighted by Crippen LogP contribution is -2.20. The average molecular weight is 330 g/mol. The van der Waals surface area contributed by atoms with Crippen LogP contribution in [-0.2, 0) is 16.1 Å². The quantitative estimate of drug-likeness (QED) is 0.781. The number of benzene rings is 1. The molecule has 0 radical (unpaired) electrons. The maximum absolute atomic E-state index is 11.5. The molecule has 0 bridgehead atoms. The number of nitrogens with one attached hydrogen (secondary N) is 1. The fraction of sp³-hybridized carbons (Fsp3) is 0.500. The van der Waals surface area contributed by atoms with Crippen molar-refractivity contribution in [2.45, 2.75) is 33.4 Å². The predicted octanol–water partition coefficient (Wildman–Crippen LogP) is 2.89. The summed E-state index contributed by atoms with van der Waals surface area (Å²) in [5.74, 6) is 0.323. The van der Waals surface area contributed by atoms with Gasteiger partial charge in [0.15, 0.2) is 6.61 Å². The van der Waals surface area contributed by atoms with Gasteiger partial charge in [0.1, 0.15) is 5.75 Å². The van der Waals surface area contributed by atoms with Crippen LogP contribution in [0.25, 0.3) is 0 Å². The summed E-state index contributed by atoms with van der Waals surface area (Å²) >= 11 is 3.44. The fourth-order valence-corrected chi connectivity index (χ4v) is 2.06. The molecule has 1 aromatic carbocycles. The molecule has 0 aliphatic rings. The summed E-state index contributed by atoms with van der Waals surface area (Å²) in [6.45, 7) is 7.16. The van der Waals surface area contributed by atoms with Crippen LogP contribution < -0.4 is 10.1 Å². The first-order valence-electron chi connectivity index (χ1n) is 6.35. The van der Waals surface area contributed by atoms with Crippen molar-refractivity contribution in [2.75, 3.05) is 13.2 Å². The first-order valence-corrected chi connectivity index (χ1v) is 7.14. The second-order valence-corrected chi connectivity index (χ2v) is 5.19. The number of halogens is 1. The molecule has 106 valence electrons. The van der Waals surface area contributed by atoms with E-state index >= 15 is 0 Å². The van der Waals surface area contributed by atoms with Crippen molar-refractivity contribution in [2.24, 2.45) is 0 Å². The minimum Gasteiger partial charge on any atom is -0.480 e. The van der Waals surface area contributed by atoms with Gasteiger partial charge < -0.3 is 14.8 Å². The Morgan fingerprint density at radius 2 is 2.16 bits per heavy atom. The lowest BCUT2D eigenvalue weighted by atomic mass is 10.2. The molecule has 0 unspecified atom stereocenters. The Kier molecular flexibility index (Phi) is 6.87. The summed E-state index contributed by atoms with van der Waals surface area (Å²) in [7, 11) is 0. The number of carbonyl (C=O) groups excluding carboxylic acids is 1. The van der Waals surface area contributed by atoms with Crippen molar-refractivity contribution in [3.63, 3.8) is 0 Å². The Balaban J connectivity index is 2.68. The molecule has 4 nitrogen and oxygen atoms in total. The van der Waals surface area contributed by atoms with E-state index in [1.54, 1.807) is 0 Å². The lowest BCUT2D eigenvalue weighted by Gasteiger charge is -2.14. The summed E-state index contributed by atoms with van der Waals surface area (Å²) in [4.78, 5) is 11.5. The van der Waals surface area contributed by atoms with Crippen molar-refractivity contribution in [3.05, 3.63) is 28.2 Å². The van der Waals surface area contributed by atoms with Gasteiger partial charge in [0.05, 0.1) is 10.6 Å². The molecule has 0 fully saturated rings. The van der Waals surface area contributed by atoms with Gasteiger partial charge in [0.2, 0.25) is 0 Å². The number of esters is 1. The second-order valence-electron chi connectivity index (χ2n) is 4.34. The maximum atomic E-state index is 11.5. The van der Waals surface area contributed by atoms with E-state index in [-0.39, 0.29) is 18.7 Å². The van der Waals surface area contributed by atoms with Gasteiger partial charge >= 0.3 is 5.97 Å². The zero-order valence-electron chi connectivity index (χ0n) is 11.5. The molecule has 1 N–H and O–H groups in total. The third-order valence-corrected chi connectivity index (χ3v) is 2.94. The lowest BCUT2D eigenvalue weighted by molar-refractivity contribution is -0.149. The van der Waals surface area contributed by atoms with Crippen molar-refractivity contribution in [1.82, 2.24) is 5.32 Å². The molecule has 0 aliphatic heterocycles. The molecule has 0 atom stereocenters. The second kappa shape index (κ2) is 8.17. The van der Waals surface area contributed by atoms with Crippen LogP contribution in [0, 0.1) is 0 Å². The van der Waals surface area contributed by atoms with E-state index in [0.717, 1.165) is 16.6 Å². The van der Waals surface area contributed by atoms with E-state index in [0.29, 0.717) is 12.3 Å². The van der Waals surface area contributed by atoms with E-state index in [4.69, 9.17) is 9.47 Å². The van der Waals surface area contributed by atoms with Gasteiger partial charge in [0.25, 0.3) is 0 Å². The van der Waals surface area contributed by atoms with Crippen LogP contribution in [0.4, 0.5) is 0 Å². The molecule has 0 saturated heterocycles. The van der Waals surface area contributed by atoms with Crippen molar-refractivity contribution in [1.29, 1.82) is 0 Å². The molecule has 0 aromatic heterocycles. The highest BCUT2D eigenvalue weighted by Crippen LogP contribution is 2.29. The highest BCUT2D eigenvalue weighted by molar-refractivity contribution is 9.10. The Hall–Kier alpha value is -1.07. The normalized spacial score (nSPS) is 10.6. The van der Waals surface area contributed by atoms with Crippen molar-refractivity contribution < 1.29 is 14.3 Å². The topological polar surface area (TPSA) is 47.6 Å². The molecule has 0 heterocycles. The monoisotopic (exact) mass is 329 g/mol. The molecule has 1 rings (SSSR count). The highest BCUT2D eigenvalue weighted by atomic mass is 79.9. The zero-order chi connectivity index (χ0) is 14.3. The van der Waals surface area contributed by atoms with Crippen molar-refractivity contribution in [3.8, 4) is 5.75 Å². The molecular weight excluding hydrogens is 310 g/mol. The molecule has 1 aromatic rings. The van der Waals surface area contributed by atoms with Crippen LogP contribution in [0.15, 0.2) is 22.7 Å². The Labute approximate surface area is 122 Å². The van der Waals surface area contributed by atoms with Gasteiger partial charge in [-0.3, -0.25) is 0 Å². The standard InChI is InChI=1S/C14H20BrNO3/c1-4-16-8-11-6-5-7-12(15)14(11)18-9-13(17)19-10(2)3/h5-7,10,16H,4,8-9H2,1-3H3. The summed E-state index contributed by atoms with van der Waals surface area (Å²) in [6, 6.07) is 5.80. The summed E-state index contributed by atoms with van der Waals surface area (Å²) in [5.41, 5.74) is 1.01. The SMILES string of the molecule is CCNCc1cccc(Br)c1OCC(=O)OC(C)C. The van der Waals surface area contributed by atoms with E-state index in [1.807, 2.05) is 39.0 Å². The van der Waals surface area contributed by atoms with Gasteiger partial charge in [-0.05, 0) is 42.4 Å². The predicted molar refractivity (Wildman–Crippen MR) is 78.2 cm³/mol. The zero-order valence-corrected chi connectivity index (χ0v) is 13.1. The minimum atomic E-state index is -0.361.